The minimum absolute atomic E-state index is 0.200. The van der Waals surface area contributed by atoms with Gasteiger partial charge in [-0.15, -0.1) is 0 Å². The highest BCUT2D eigenvalue weighted by Gasteiger charge is 2.30. The highest BCUT2D eigenvalue weighted by Crippen LogP contribution is 2.35. The Bertz CT molecular complexity index is 628. The van der Waals surface area contributed by atoms with Crippen LogP contribution in [0.3, 0.4) is 0 Å². The average molecular weight is 311 g/mol. The number of aromatic nitrogens is 1. The van der Waals surface area contributed by atoms with Crippen molar-refractivity contribution >= 4 is 5.69 Å². The summed E-state index contributed by atoms with van der Waals surface area (Å²) in [5.41, 5.74) is 6.58. The van der Waals surface area contributed by atoms with Crippen molar-refractivity contribution in [2.75, 3.05) is 18.0 Å². The Hall–Kier alpha value is -2.02. The molecule has 118 valence electrons. The van der Waals surface area contributed by atoms with E-state index in [1.807, 2.05) is 0 Å². The van der Waals surface area contributed by atoms with Gasteiger partial charge < -0.3 is 15.2 Å². The van der Waals surface area contributed by atoms with E-state index in [2.05, 4.69) is 10.1 Å². The van der Waals surface area contributed by atoms with Gasteiger partial charge in [0.25, 0.3) is 0 Å². The molecule has 3 rings (SSSR count). The Morgan fingerprint density at radius 2 is 1.77 bits per heavy atom. The molecule has 0 radical (unpaired) electrons. The van der Waals surface area contributed by atoms with Crippen LogP contribution in [0.15, 0.2) is 35.0 Å². The Labute approximate surface area is 125 Å². The SMILES string of the molecule is NC1CCN(c2cnoc2-c2ccc(C(F)(F)F)cc2)CC1. The van der Waals surface area contributed by atoms with Crippen molar-refractivity contribution in [2.24, 2.45) is 5.73 Å². The molecule has 2 heterocycles. The largest absolute Gasteiger partial charge is 0.416 e. The molecule has 1 saturated heterocycles. The molecule has 22 heavy (non-hydrogen) atoms. The fourth-order valence-corrected chi connectivity index (χ4v) is 2.61. The first-order valence-corrected chi connectivity index (χ1v) is 7.08. The molecule has 0 amide bonds. The fourth-order valence-electron chi connectivity index (χ4n) is 2.61. The van der Waals surface area contributed by atoms with E-state index < -0.39 is 11.7 Å². The van der Waals surface area contributed by atoms with Crippen molar-refractivity contribution in [1.29, 1.82) is 0 Å². The zero-order chi connectivity index (χ0) is 15.7. The molecule has 7 heteroatoms. The van der Waals surface area contributed by atoms with E-state index in [9.17, 15) is 13.2 Å². The van der Waals surface area contributed by atoms with E-state index in [0.717, 1.165) is 43.8 Å². The molecule has 2 N–H and O–H groups in total. The van der Waals surface area contributed by atoms with Crippen LogP contribution in [0.4, 0.5) is 18.9 Å². The monoisotopic (exact) mass is 311 g/mol. The number of piperidine rings is 1. The maximum absolute atomic E-state index is 12.6. The van der Waals surface area contributed by atoms with Gasteiger partial charge in [0.2, 0.25) is 0 Å². The molecular weight excluding hydrogens is 295 g/mol. The van der Waals surface area contributed by atoms with Gasteiger partial charge in [0.05, 0.1) is 11.8 Å². The summed E-state index contributed by atoms with van der Waals surface area (Å²) in [6.45, 7) is 1.58. The molecule has 1 fully saturated rings. The number of alkyl halides is 3. The second-order valence-corrected chi connectivity index (χ2v) is 5.44. The third-order valence-electron chi connectivity index (χ3n) is 3.91. The van der Waals surface area contributed by atoms with Crippen LogP contribution < -0.4 is 10.6 Å². The predicted octanol–water partition coefficient (Wildman–Crippen LogP) is 3.29. The van der Waals surface area contributed by atoms with Crippen molar-refractivity contribution in [3.63, 3.8) is 0 Å². The number of rotatable bonds is 2. The van der Waals surface area contributed by atoms with Crippen LogP contribution >= 0.6 is 0 Å². The van der Waals surface area contributed by atoms with E-state index in [4.69, 9.17) is 10.3 Å². The van der Waals surface area contributed by atoms with Crippen LogP contribution in [0.5, 0.6) is 0 Å². The number of anilines is 1. The lowest BCUT2D eigenvalue weighted by atomic mass is 10.0. The van der Waals surface area contributed by atoms with Gasteiger partial charge in [-0.25, -0.2) is 0 Å². The fraction of sp³-hybridized carbons (Fsp3) is 0.400. The molecule has 2 aromatic rings. The van der Waals surface area contributed by atoms with Crippen LogP contribution in [-0.2, 0) is 6.18 Å². The molecule has 1 aromatic carbocycles. The molecule has 0 spiro atoms. The van der Waals surface area contributed by atoms with Crippen LogP contribution in [-0.4, -0.2) is 24.3 Å². The number of nitrogens with zero attached hydrogens (tertiary/aromatic N) is 2. The lowest BCUT2D eigenvalue weighted by Gasteiger charge is -2.31. The summed E-state index contributed by atoms with van der Waals surface area (Å²) < 4.78 is 43.1. The number of halogens is 3. The zero-order valence-electron chi connectivity index (χ0n) is 11.8. The van der Waals surface area contributed by atoms with E-state index in [-0.39, 0.29) is 6.04 Å². The highest BCUT2D eigenvalue weighted by atomic mass is 19.4. The van der Waals surface area contributed by atoms with Crippen LogP contribution in [0.25, 0.3) is 11.3 Å². The van der Waals surface area contributed by atoms with Crippen molar-refractivity contribution in [3.8, 4) is 11.3 Å². The first-order chi connectivity index (χ1) is 10.4. The minimum Gasteiger partial charge on any atom is -0.367 e. The van der Waals surface area contributed by atoms with E-state index in [1.54, 1.807) is 6.20 Å². The summed E-state index contributed by atoms with van der Waals surface area (Å²) in [4.78, 5) is 2.10. The maximum atomic E-state index is 12.6. The predicted molar refractivity (Wildman–Crippen MR) is 76.4 cm³/mol. The van der Waals surface area contributed by atoms with Gasteiger partial charge in [-0.05, 0) is 25.0 Å². The molecule has 1 aliphatic rings. The van der Waals surface area contributed by atoms with Crippen LogP contribution in [0, 0.1) is 0 Å². The number of nitrogens with two attached hydrogens (primary N) is 1. The van der Waals surface area contributed by atoms with Gasteiger partial charge in [-0.1, -0.05) is 17.3 Å². The molecule has 0 unspecified atom stereocenters. The van der Waals surface area contributed by atoms with Crippen molar-refractivity contribution in [1.82, 2.24) is 5.16 Å². The van der Waals surface area contributed by atoms with E-state index in [0.29, 0.717) is 11.3 Å². The number of hydrogen-bond donors (Lipinski definition) is 1. The smallest absolute Gasteiger partial charge is 0.367 e. The third kappa shape index (κ3) is 2.94. The first kappa shape index (κ1) is 14.9. The standard InChI is InChI=1S/C15H16F3N3O/c16-15(17,18)11-3-1-10(2-4-11)14-13(9-20-22-14)21-7-5-12(19)6-8-21/h1-4,9,12H,5-8,19H2. The Morgan fingerprint density at radius 3 is 2.36 bits per heavy atom. The maximum Gasteiger partial charge on any atom is 0.416 e. The molecule has 0 bridgehead atoms. The molecule has 1 aliphatic heterocycles. The quantitative estimate of drug-likeness (QED) is 0.924. The molecular formula is C15H16F3N3O. The Balaban J connectivity index is 1.85. The lowest BCUT2D eigenvalue weighted by molar-refractivity contribution is -0.137. The Morgan fingerprint density at radius 1 is 1.14 bits per heavy atom. The Kier molecular flexibility index (Phi) is 3.82. The molecule has 0 aliphatic carbocycles. The van der Waals surface area contributed by atoms with E-state index in [1.165, 1.54) is 12.1 Å². The molecule has 0 saturated carbocycles. The molecule has 0 atom stereocenters. The summed E-state index contributed by atoms with van der Waals surface area (Å²) in [6, 6.07) is 5.11. The summed E-state index contributed by atoms with van der Waals surface area (Å²) >= 11 is 0. The van der Waals surface area contributed by atoms with Gasteiger partial charge in [-0.2, -0.15) is 13.2 Å². The topological polar surface area (TPSA) is 55.3 Å². The average Bonchev–Trinajstić information content (AvgIpc) is 2.97. The highest BCUT2D eigenvalue weighted by molar-refractivity contribution is 5.73. The van der Waals surface area contributed by atoms with Crippen molar-refractivity contribution < 1.29 is 17.7 Å². The van der Waals surface area contributed by atoms with Gasteiger partial charge in [0.15, 0.2) is 5.76 Å². The van der Waals surface area contributed by atoms with Crippen LogP contribution in [0.1, 0.15) is 18.4 Å². The van der Waals surface area contributed by atoms with Gasteiger partial charge in [-0.3, -0.25) is 0 Å². The normalized spacial score (nSPS) is 17.0. The molecule has 4 nitrogen and oxygen atoms in total. The summed E-state index contributed by atoms with van der Waals surface area (Å²) in [5.74, 6) is 0.490. The third-order valence-corrected chi connectivity index (χ3v) is 3.91. The lowest BCUT2D eigenvalue weighted by Crippen LogP contribution is -2.39. The number of benzene rings is 1. The van der Waals surface area contributed by atoms with Crippen LogP contribution in [0.2, 0.25) is 0 Å². The second-order valence-electron chi connectivity index (χ2n) is 5.44. The minimum atomic E-state index is -4.34. The molecule has 1 aromatic heterocycles. The summed E-state index contributed by atoms with van der Waals surface area (Å²) in [6.07, 6.45) is -0.995. The second kappa shape index (κ2) is 5.64. The summed E-state index contributed by atoms with van der Waals surface area (Å²) in [5, 5.41) is 3.79. The van der Waals surface area contributed by atoms with Crippen molar-refractivity contribution in [2.45, 2.75) is 25.1 Å². The zero-order valence-corrected chi connectivity index (χ0v) is 11.8. The van der Waals surface area contributed by atoms with E-state index >= 15 is 0 Å². The van der Waals surface area contributed by atoms with Gasteiger partial charge in [0, 0.05) is 24.7 Å². The summed E-state index contributed by atoms with van der Waals surface area (Å²) in [7, 11) is 0. The first-order valence-electron chi connectivity index (χ1n) is 7.08. The van der Waals surface area contributed by atoms with Crippen molar-refractivity contribution in [3.05, 3.63) is 36.0 Å². The number of hydrogen-bond acceptors (Lipinski definition) is 4. The van der Waals surface area contributed by atoms with Gasteiger partial charge >= 0.3 is 6.18 Å². The van der Waals surface area contributed by atoms with Gasteiger partial charge in [0.1, 0.15) is 5.69 Å².